The zero-order valence-electron chi connectivity index (χ0n) is 13.0. The Hall–Kier alpha value is -2.36. The van der Waals surface area contributed by atoms with Crippen LogP contribution in [-0.4, -0.2) is 16.1 Å². The van der Waals surface area contributed by atoms with Crippen LogP contribution in [0.25, 0.3) is 10.2 Å². The van der Waals surface area contributed by atoms with Gasteiger partial charge in [0, 0.05) is 0 Å². The predicted octanol–water partition coefficient (Wildman–Crippen LogP) is 4.68. The third-order valence-electron chi connectivity index (χ3n) is 3.49. The van der Waals surface area contributed by atoms with Crippen molar-refractivity contribution < 1.29 is 4.79 Å². The minimum Gasteiger partial charge on any atom is -0.324 e. The first kappa shape index (κ1) is 16.5. The Morgan fingerprint density at radius 3 is 2.79 bits per heavy atom. The Balaban J connectivity index is 1.75. The van der Waals surface area contributed by atoms with Gasteiger partial charge in [-0.3, -0.25) is 4.79 Å². The molecule has 3 rings (SSSR count). The Morgan fingerprint density at radius 1 is 1.29 bits per heavy atom. The molecule has 0 aliphatic carbocycles. The second-order valence-corrected chi connectivity index (χ2v) is 7.59. The van der Waals surface area contributed by atoms with Gasteiger partial charge in [-0.15, -0.1) is 11.3 Å². The fraction of sp³-hybridized carbons (Fsp3) is 0.167. The maximum Gasteiger partial charge on any atom is 0.237 e. The van der Waals surface area contributed by atoms with Crippen molar-refractivity contribution in [3.63, 3.8) is 0 Å². The molecule has 1 unspecified atom stereocenters. The molecule has 24 heavy (non-hydrogen) atoms. The van der Waals surface area contributed by atoms with Gasteiger partial charge >= 0.3 is 0 Å². The molecule has 3 aromatic rings. The van der Waals surface area contributed by atoms with Gasteiger partial charge in [0.1, 0.15) is 6.07 Å². The molecule has 0 spiro atoms. The van der Waals surface area contributed by atoms with Crippen LogP contribution in [-0.2, 0) is 4.79 Å². The van der Waals surface area contributed by atoms with Gasteiger partial charge in [0.15, 0.2) is 4.34 Å². The van der Waals surface area contributed by atoms with E-state index >= 15 is 0 Å². The molecule has 2 aromatic carbocycles. The number of nitriles is 1. The number of hydrogen-bond acceptors (Lipinski definition) is 5. The van der Waals surface area contributed by atoms with Crippen molar-refractivity contribution >= 4 is 44.9 Å². The van der Waals surface area contributed by atoms with Gasteiger partial charge in [-0.05, 0) is 30.7 Å². The fourth-order valence-electron chi connectivity index (χ4n) is 2.25. The summed E-state index contributed by atoms with van der Waals surface area (Å²) in [6.45, 7) is 1.97. The summed E-state index contributed by atoms with van der Waals surface area (Å²) in [6, 6.07) is 17.1. The second kappa shape index (κ2) is 7.47. The maximum atomic E-state index is 12.6. The van der Waals surface area contributed by atoms with Crippen LogP contribution in [0, 0.1) is 11.3 Å². The number of amides is 1. The van der Waals surface area contributed by atoms with Gasteiger partial charge in [0.05, 0.1) is 26.7 Å². The second-order valence-electron chi connectivity index (χ2n) is 5.11. The average Bonchev–Trinajstić information content (AvgIpc) is 3.02. The number of nitrogens with zero attached hydrogens (tertiary/aromatic N) is 2. The zero-order valence-corrected chi connectivity index (χ0v) is 14.7. The van der Waals surface area contributed by atoms with E-state index in [1.54, 1.807) is 35.6 Å². The number of anilines is 1. The van der Waals surface area contributed by atoms with E-state index in [4.69, 9.17) is 5.26 Å². The summed E-state index contributed by atoms with van der Waals surface area (Å²) in [5.74, 6) is -0.107. The summed E-state index contributed by atoms with van der Waals surface area (Å²) < 4.78 is 2.00. The Bertz CT molecular complexity index is 881. The highest BCUT2D eigenvalue weighted by Gasteiger charge is 2.20. The van der Waals surface area contributed by atoms with Crippen LogP contribution in [0.2, 0.25) is 0 Å². The first-order valence-electron chi connectivity index (χ1n) is 7.53. The predicted molar refractivity (Wildman–Crippen MR) is 99.3 cm³/mol. The van der Waals surface area contributed by atoms with E-state index < -0.39 is 0 Å². The quantitative estimate of drug-likeness (QED) is 0.677. The molecule has 1 N–H and O–H groups in total. The van der Waals surface area contributed by atoms with Gasteiger partial charge < -0.3 is 5.32 Å². The molecule has 120 valence electrons. The lowest BCUT2D eigenvalue weighted by Crippen LogP contribution is -2.24. The Kier molecular flexibility index (Phi) is 5.14. The number of hydrogen-bond donors (Lipinski definition) is 1. The number of aromatic nitrogens is 1. The summed E-state index contributed by atoms with van der Waals surface area (Å²) in [5, 5.41) is 11.7. The van der Waals surface area contributed by atoms with Gasteiger partial charge in [-0.2, -0.15) is 5.26 Å². The van der Waals surface area contributed by atoms with Gasteiger partial charge in [0.2, 0.25) is 5.91 Å². The first-order chi connectivity index (χ1) is 11.7. The van der Waals surface area contributed by atoms with Crippen LogP contribution in [0.1, 0.15) is 18.9 Å². The van der Waals surface area contributed by atoms with Gasteiger partial charge in [0.25, 0.3) is 0 Å². The lowest BCUT2D eigenvalue weighted by atomic mass is 10.2. The van der Waals surface area contributed by atoms with E-state index in [2.05, 4.69) is 16.4 Å². The normalized spacial score (nSPS) is 11.8. The molecule has 0 aliphatic heterocycles. The molecule has 0 radical (unpaired) electrons. The van der Waals surface area contributed by atoms with Crippen molar-refractivity contribution in [2.24, 2.45) is 0 Å². The van der Waals surface area contributed by atoms with Crippen molar-refractivity contribution in [1.29, 1.82) is 5.26 Å². The number of carbonyl (C=O) groups excluding carboxylic acids is 1. The van der Waals surface area contributed by atoms with E-state index in [0.29, 0.717) is 17.7 Å². The minimum absolute atomic E-state index is 0.107. The van der Waals surface area contributed by atoms with Gasteiger partial charge in [-0.25, -0.2) is 4.98 Å². The number of para-hydroxylation sites is 2. The summed E-state index contributed by atoms with van der Waals surface area (Å²) in [5.41, 5.74) is 1.97. The molecule has 1 atom stereocenters. The van der Waals surface area contributed by atoms with E-state index in [9.17, 15) is 4.79 Å². The maximum absolute atomic E-state index is 12.6. The largest absolute Gasteiger partial charge is 0.324 e. The lowest BCUT2D eigenvalue weighted by Gasteiger charge is -2.13. The van der Waals surface area contributed by atoms with Gasteiger partial charge in [-0.1, -0.05) is 43.0 Å². The molecule has 1 heterocycles. The molecule has 4 nitrogen and oxygen atoms in total. The molecule has 1 aromatic heterocycles. The number of carbonyl (C=O) groups is 1. The number of thioether (sulfide) groups is 1. The monoisotopic (exact) mass is 353 g/mol. The van der Waals surface area contributed by atoms with Crippen molar-refractivity contribution in [3.05, 3.63) is 54.1 Å². The van der Waals surface area contributed by atoms with E-state index in [0.717, 1.165) is 14.6 Å². The van der Waals surface area contributed by atoms with Crippen LogP contribution in [0.3, 0.4) is 0 Å². The number of rotatable bonds is 5. The highest BCUT2D eigenvalue weighted by molar-refractivity contribution is 8.02. The third kappa shape index (κ3) is 3.58. The smallest absolute Gasteiger partial charge is 0.237 e. The van der Waals surface area contributed by atoms with E-state index in [1.807, 2.05) is 31.2 Å². The molecule has 0 fully saturated rings. The number of fused-ring (bicyclic) bond motifs is 1. The van der Waals surface area contributed by atoms with Crippen LogP contribution in [0.4, 0.5) is 5.69 Å². The molecule has 0 saturated heterocycles. The molecular weight excluding hydrogens is 338 g/mol. The minimum atomic E-state index is -0.252. The van der Waals surface area contributed by atoms with Crippen molar-refractivity contribution in [2.75, 3.05) is 5.32 Å². The lowest BCUT2D eigenvalue weighted by molar-refractivity contribution is -0.115. The number of nitrogens with one attached hydrogen (secondary N) is 1. The van der Waals surface area contributed by atoms with Crippen LogP contribution in [0.5, 0.6) is 0 Å². The summed E-state index contributed by atoms with van der Waals surface area (Å²) in [7, 11) is 0. The summed E-state index contributed by atoms with van der Waals surface area (Å²) >= 11 is 3.06. The van der Waals surface area contributed by atoms with Crippen molar-refractivity contribution in [1.82, 2.24) is 4.98 Å². The molecule has 1 amide bonds. The topological polar surface area (TPSA) is 65.8 Å². The summed E-state index contributed by atoms with van der Waals surface area (Å²) in [4.78, 5) is 17.1. The van der Waals surface area contributed by atoms with Crippen molar-refractivity contribution in [2.45, 2.75) is 22.9 Å². The SMILES string of the molecule is CCC(Sc1nc2ccccc2s1)C(=O)Nc1ccccc1C#N. The molecule has 6 heteroatoms. The Morgan fingerprint density at radius 2 is 2.04 bits per heavy atom. The fourth-order valence-corrected chi connectivity index (χ4v) is 4.48. The van der Waals surface area contributed by atoms with Crippen LogP contribution < -0.4 is 5.32 Å². The third-order valence-corrected chi connectivity index (χ3v) is 5.98. The molecule has 0 bridgehead atoms. The van der Waals surface area contributed by atoms with Crippen LogP contribution >= 0.6 is 23.1 Å². The highest BCUT2D eigenvalue weighted by atomic mass is 32.2. The zero-order chi connectivity index (χ0) is 16.9. The number of thiazole rings is 1. The van der Waals surface area contributed by atoms with Crippen LogP contribution in [0.15, 0.2) is 52.9 Å². The van der Waals surface area contributed by atoms with E-state index in [-0.39, 0.29) is 11.2 Å². The average molecular weight is 353 g/mol. The highest BCUT2D eigenvalue weighted by Crippen LogP contribution is 2.33. The molecular formula is C18H15N3OS2. The van der Waals surface area contributed by atoms with Crippen molar-refractivity contribution in [3.8, 4) is 6.07 Å². The van der Waals surface area contributed by atoms with E-state index in [1.165, 1.54) is 11.8 Å². The molecule has 0 aliphatic rings. The standard InChI is InChI=1S/C18H15N3OS2/c1-2-15(17(22)20-13-8-4-3-7-12(13)11-19)23-18-21-14-9-5-6-10-16(14)24-18/h3-10,15H,2H2,1H3,(H,20,22). The molecule has 0 saturated carbocycles. The Labute approximate surface area is 148 Å². The summed E-state index contributed by atoms with van der Waals surface area (Å²) in [6.07, 6.45) is 0.682. The first-order valence-corrected chi connectivity index (χ1v) is 9.23. The number of benzene rings is 2.